The van der Waals surface area contributed by atoms with E-state index in [0.717, 1.165) is 18.3 Å². The molecule has 2 saturated carbocycles. The Kier molecular flexibility index (Phi) is 5.13. The Balaban J connectivity index is 0.00000133. The smallest absolute Gasteiger partial charge is 0.237 e. The van der Waals surface area contributed by atoms with Crippen molar-refractivity contribution in [2.75, 3.05) is 0 Å². The van der Waals surface area contributed by atoms with E-state index in [4.69, 9.17) is 0 Å². The first-order valence-electron chi connectivity index (χ1n) is 7.79. The average Bonchev–Trinajstić information content (AvgIpc) is 3.05. The van der Waals surface area contributed by atoms with Crippen molar-refractivity contribution in [2.45, 2.75) is 76.4 Å². The molecule has 1 saturated heterocycles. The third-order valence-corrected chi connectivity index (χ3v) is 4.95. The van der Waals surface area contributed by atoms with Crippen LogP contribution in [0.4, 0.5) is 0 Å². The van der Waals surface area contributed by atoms with Crippen LogP contribution in [0.3, 0.4) is 0 Å². The van der Waals surface area contributed by atoms with Crippen LogP contribution in [0.5, 0.6) is 0 Å². The van der Waals surface area contributed by atoms with Gasteiger partial charge in [-0.05, 0) is 44.4 Å². The highest BCUT2D eigenvalue weighted by Gasteiger charge is 2.38. The summed E-state index contributed by atoms with van der Waals surface area (Å²) in [6, 6.07) is 1.06. The Morgan fingerprint density at radius 1 is 1.26 bits per heavy atom. The zero-order valence-corrected chi connectivity index (χ0v) is 12.7. The lowest BCUT2D eigenvalue weighted by atomic mass is 9.85. The molecule has 0 bridgehead atoms. The standard InChI is InChI=1S/C15H26N2O.ClH/c1-10(8-11-6-7-11)16-15(18)14-9-12-4-2-3-5-13(12)17-14;/h10-14,17H,2-9H2,1H3,(H,16,18);1H. The van der Waals surface area contributed by atoms with E-state index in [0.29, 0.717) is 12.1 Å². The van der Waals surface area contributed by atoms with E-state index in [1.165, 1.54) is 44.9 Å². The summed E-state index contributed by atoms with van der Waals surface area (Å²) in [6.07, 6.45) is 10.2. The summed E-state index contributed by atoms with van der Waals surface area (Å²) in [7, 11) is 0. The summed E-state index contributed by atoms with van der Waals surface area (Å²) < 4.78 is 0. The molecule has 3 aliphatic rings. The first kappa shape index (κ1) is 15.1. The molecule has 1 heterocycles. The minimum absolute atomic E-state index is 0. The largest absolute Gasteiger partial charge is 0.352 e. The van der Waals surface area contributed by atoms with Crippen molar-refractivity contribution in [3.63, 3.8) is 0 Å². The number of halogens is 1. The van der Waals surface area contributed by atoms with Crippen LogP contribution in [0.2, 0.25) is 0 Å². The summed E-state index contributed by atoms with van der Waals surface area (Å²) in [4.78, 5) is 12.2. The highest BCUT2D eigenvalue weighted by Crippen LogP contribution is 2.34. The van der Waals surface area contributed by atoms with Gasteiger partial charge in [0.05, 0.1) is 6.04 Å². The topological polar surface area (TPSA) is 41.1 Å². The van der Waals surface area contributed by atoms with Gasteiger partial charge in [-0.2, -0.15) is 0 Å². The molecule has 1 amide bonds. The van der Waals surface area contributed by atoms with Crippen LogP contribution in [0, 0.1) is 11.8 Å². The van der Waals surface area contributed by atoms with E-state index in [2.05, 4.69) is 17.6 Å². The number of hydrogen-bond donors (Lipinski definition) is 2. The first-order valence-corrected chi connectivity index (χ1v) is 7.79. The monoisotopic (exact) mass is 286 g/mol. The number of fused-ring (bicyclic) bond motifs is 1. The quantitative estimate of drug-likeness (QED) is 0.834. The molecule has 0 aromatic carbocycles. The second kappa shape index (κ2) is 6.45. The number of amides is 1. The Morgan fingerprint density at radius 3 is 2.68 bits per heavy atom. The fraction of sp³-hybridized carbons (Fsp3) is 0.933. The summed E-state index contributed by atoms with van der Waals surface area (Å²) in [5, 5.41) is 6.76. The van der Waals surface area contributed by atoms with Gasteiger partial charge >= 0.3 is 0 Å². The van der Waals surface area contributed by atoms with E-state index in [9.17, 15) is 4.79 Å². The van der Waals surface area contributed by atoms with Crippen LogP contribution in [0.25, 0.3) is 0 Å². The third-order valence-electron chi connectivity index (χ3n) is 4.95. The molecule has 2 aliphatic carbocycles. The predicted octanol–water partition coefficient (Wildman–Crippen LogP) is 2.63. The second-order valence-electron chi connectivity index (χ2n) is 6.69. The molecule has 0 aromatic heterocycles. The zero-order valence-electron chi connectivity index (χ0n) is 11.9. The van der Waals surface area contributed by atoms with E-state index < -0.39 is 0 Å². The van der Waals surface area contributed by atoms with Crippen molar-refractivity contribution in [3.8, 4) is 0 Å². The minimum Gasteiger partial charge on any atom is -0.352 e. The van der Waals surface area contributed by atoms with Crippen LogP contribution in [-0.2, 0) is 4.79 Å². The van der Waals surface area contributed by atoms with Gasteiger partial charge in [0, 0.05) is 12.1 Å². The molecule has 110 valence electrons. The van der Waals surface area contributed by atoms with Crippen LogP contribution in [-0.4, -0.2) is 24.0 Å². The molecule has 3 fully saturated rings. The van der Waals surface area contributed by atoms with Gasteiger partial charge in [-0.25, -0.2) is 0 Å². The first-order chi connectivity index (χ1) is 8.72. The van der Waals surface area contributed by atoms with Crippen LogP contribution >= 0.6 is 12.4 Å². The molecular weight excluding hydrogens is 260 g/mol. The van der Waals surface area contributed by atoms with E-state index in [1.807, 2.05) is 0 Å². The second-order valence-corrected chi connectivity index (χ2v) is 6.69. The van der Waals surface area contributed by atoms with Gasteiger partial charge in [0.15, 0.2) is 0 Å². The van der Waals surface area contributed by atoms with Gasteiger partial charge in [0.2, 0.25) is 5.91 Å². The number of carbonyl (C=O) groups excluding carboxylic acids is 1. The lowest BCUT2D eigenvalue weighted by molar-refractivity contribution is -0.123. The molecule has 0 radical (unpaired) electrons. The van der Waals surface area contributed by atoms with Crippen LogP contribution in [0.1, 0.15) is 58.3 Å². The highest BCUT2D eigenvalue weighted by atomic mass is 35.5. The Labute approximate surface area is 122 Å². The lowest BCUT2D eigenvalue weighted by Gasteiger charge is -2.24. The van der Waals surface area contributed by atoms with Crippen molar-refractivity contribution < 1.29 is 4.79 Å². The van der Waals surface area contributed by atoms with Crippen molar-refractivity contribution >= 4 is 18.3 Å². The third kappa shape index (κ3) is 3.85. The SMILES string of the molecule is CC(CC1CC1)NC(=O)C1CC2CCCCC2N1.Cl. The van der Waals surface area contributed by atoms with Crippen molar-refractivity contribution in [3.05, 3.63) is 0 Å². The number of rotatable bonds is 4. The maximum atomic E-state index is 12.2. The van der Waals surface area contributed by atoms with Gasteiger partial charge in [0.1, 0.15) is 0 Å². The van der Waals surface area contributed by atoms with Gasteiger partial charge in [-0.1, -0.05) is 25.7 Å². The summed E-state index contributed by atoms with van der Waals surface area (Å²) in [5.41, 5.74) is 0. The highest BCUT2D eigenvalue weighted by molar-refractivity contribution is 5.85. The van der Waals surface area contributed by atoms with Crippen molar-refractivity contribution in [1.29, 1.82) is 0 Å². The molecule has 1 aliphatic heterocycles. The maximum absolute atomic E-state index is 12.2. The molecule has 4 atom stereocenters. The fourth-order valence-corrected chi connectivity index (χ4v) is 3.78. The Bertz CT molecular complexity index is 305. The molecule has 0 aromatic rings. The summed E-state index contributed by atoms with van der Waals surface area (Å²) in [6.45, 7) is 2.15. The molecule has 0 spiro atoms. The maximum Gasteiger partial charge on any atom is 0.237 e. The predicted molar refractivity (Wildman–Crippen MR) is 79.5 cm³/mol. The van der Waals surface area contributed by atoms with Gasteiger partial charge in [-0.3, -0.25) is 4.79 Å². The van der Waals surface area contributed by atoms with Crippen molar-refractivity contribution in [2.24, 2.45) is 11.8 Å². The molecule has 4 heteroatoms. The fourth-order valence-electron chi connectivity index (χ4n) is 3.78. The summed E-state index contributed by atoms with van der Waals surface area (Å²) in [5.74, 6) is 1.89. The van der Waals surface area contributed by atoms with Crippen molar-refractivity contribution in [1.82, 2.24) is 10.6 Å². The lowest BCUT2D eigenvalue weighted by Crippen LogP contribution is -2.46. The van der Waals surface area contributed by atoms with Gasteiger partial charge < -0.3 is 10.6 Å². The van der Waals surface area contributed by atoms with Gasteiger partial charge in [-0.15, -0.1) is 12.4 Å². The number of carbonyl (C=O) groups is 1. The van der Waals surface area contributed by atoms with Crippen LogP contribution < -0.4 is 10.6 Å². The summed E-state index contributed by atoms with van der Waals surface area (Å²) >= 11 is 0. The van der Waals surface area contributed by atoms with Gasteiger partial charge in [0.25, 0.3) is 0 Å². The Hall–Kier alpha value is -0.280. The number of nitrogens with one attached hydrogen (secondary N) is 2. The molecular formula is C15H27ClN2O. The molecule has 4 unspecified atom stereocenters. The average molecular weight is 287 g/mol. The zero-order chi connectivity index (χ0) is 12.5. The number of hydrogen-bond acceptors (Lipinski definition) is 2. The molecule has 3 rings (SSSR count). The van der Waals surface area contributed by atoms with E-state index >= 15 is 0 Å². The molecule has 3 nitrogen and oxygen atoms in total. The minimum atomic E-state index is 0. The molecule has 19 heavy (non-hydrogen) atoms. The van der Waals surface area contributed by atoms with Crippen LogP contribution in [0.15, 0.2) is 0 Å². The normalized spacial score (nSPS) is 35.1. The van der Waals surface area contributed by atoms with E-state index in [1.54, 1.807) is 0 Å². The Morgan fingerprint density at radius 2 is 2.00 bits per heavy atom. The van der Waals surface area contributed by atoms with E-state index in [-0.39, 0.29) is 24.4 Å². The molecule has 2 N–H and O–H groups in total.